The predicted octanol–water partition coefficient (Wildman–Crippen LogP) is 3.77. The van der Waals surface area contributed by atoms with Crippen molar-refractivity contribution in [2.24, 2.45) is 0 Å². The fraction of sp³-hybridized carbons (Fsp3) is 0.318. The number of likely N-dealkylation sites (tertiary alicyclic amines) is 1. The summed E-state index contributed by atoms with van der Waals surface area (Å²) in [6.45, 7) is 5.35. The number of hydrogen-bond donors (Lipinski definition) is 1. The van der Waals surface area contributed by atoms with Gasteiger partial charge in [-0.1, -0.05) is 12.1 Å². The Labute approximate surface area is 172 Å². The summed E-state index contributed by atoms with van der Waals surface area (Å²) >= 11 is 1.48. The second-order valence-corrected chi connectivity index (χ2v) is 8.41. The molecule has 0 spiro atoms. The summed E-state index contributed by atoms with van der Waals surface area (Å²) in [4.78, 5) is 37.1. The van der Waals surface area contributed by atoms with Crippen LogP contribution >= 0.6 is 11.3 Å². The van der Waals surface area contributed by atoms with Crippen molar-refractivity contribution in [1.82, 2.24) is 14.9 Å². The molecule has 0 radical (unpaired) electrons. The molecule has 1 aliphatic rings. The summed E-state index contributed by atoms with van der Waals surface area (Å²) in [5.41, 5.74) is 1.98. The minimum Gasteiger partial charge on any atom is -0.497 e. The van der Waals surface area contributed by atoms with E-state index >= 15 is 0 Å². The maximum Gasteiger partial charge on any atom is 0.260 e. The number of nitrogens with zero attached hydrogens (tertiary/aromatic N) is 2. The molecule has 6 nitrogen and oxygen atoms in total. The third kappa shape index (κ3) is 3.70. The van der Waals surface area contributed by atoms with E-state index in [2.05, 4.69) is 9.97 Å². The summed E-state index contributed by atoms with van der Waals surface area (Å²) in [5, 5.41) is 0.605. The Balaban J connectivity index is 1.85. The minimum atomic E-state index is -0.207. The quantitative estimate of drug-likeness (QED) is 0.666. The van der Waals surface area contributed by atoms with Crippen molar-refractivity contribution in [2.75, 3.05) is 20.2 Å². The van der Waals surface area contributed by atoms with E-state index in [1.807, 2.05) is 43.0 Å². The molecular weight excluding hydrogens is 386 g/mol. The molecule has 3 heterocycles. The van der Waals surface area contributed by atoms with Crippen molar-refractivity contribution in [3.63, 3.8) is 0 Å². The minimum absolute atomic E-state index is 0.106. The molecule has 1 amide bonds. The van der Waals surface area contributed by atoms with E-state index < -0.39 is 0 Å². The Morgan fingerprint density at radius 3 is 2.55 bits per heavy atom. The first kappa shape index (κ1) is 19.4. The number of carbonyl (C=O) groups is 1. The summed E-state index contributed by atoms with van der Waals surface area (Å²) in [7, 11) is 1.61. The molecule has 4 rings (SSSR count). The highest BCUT2D eigenvalue weighted by Crippen LogP contribution is 2.28. The molecule has 0 bridgehead atoms. The largest absolute Gasteiger partial charge is 0.497 e. The van der Waals surface area contributed by atoms with Gasteiger partial charge in [0.25, 0.3) is 11.5 Å². The van der Waals surface area contributed by atoms with Crippen LogP contribution in [0.5, 0.6) is 5.75 Å². The lowest BCUT2D eigenvalue weighted by molar-refractivity contribution is -0.123. The lowest BCUT2D eigenvalue weighted by atomic mass is 10.1. The predicted molar refractivity (Wildman–Crippen MR) is 116 cm³/mol. The molecule has 1 aliphatic heterocycles. The van der Waals surface area contributed by atoms with Gasteiger partial charge in [0.1, 0.15) is 16.4 Å². The standard InChI is InChI=1S/C22H23N3O3S/c1-13-14(2)29-21-18(13)20(26)23-19(24-21)17(22(27)25-10-4-5-11-25)12-15-6-8-16(28-3)9-7-15/h6-9,12H,4-5,10-11H2,1-3H3,(H,23,24,26). The fourth-order valence-electron chi connectivity index (χ4n) is 3.57. The third-order valence-electron chi connectivity index (χ3n) is 5.34. The van der Waals surface area contributed by atoms with Crippen molar-refractivity contribution in [2.45, 2.75) is 26.7 Å². The molecule has 3 aromatic rings. The van der Waals surface area contributed by atoms with Crippen LogP contribution in [-0.4, -0.2) is 41.0 Å². The molecule has 1 saturated heterocycles. The molecule has 7 heteroatoms. The van der Waals surface area contributed by atoms with Crippen molar-refractivity contribution >= 4 is 39.1 Å². The van der Waals surface area contributed by atoms with Gasteiger partial charge in [0.15, 0.2) is 0 Å². The zero-order valence-electron chi connectivity index (χ0n) is 16.7. The maximum atomic E-state index is 13.3. The van der Waals surface area contributed by atoms with Crippen LogP contribution in [0.2, 0.25) is 0 Å². The Kier molecular flexibility index (Phi) is 5.24. The first-order valence-electron chi connectivity index (χ1n) is 9.63. The van der Waals surface area contributed by atoms with Gasteiger partial charge in [-0.25, -0.2) is 4.98 Å². The number of nitrogens with one attached hydrogen (secondary N) is 1. The zero-order valence-corrected chi connectivity index (χ0v) is 17.6. The molecule has 0 aliphatic carbocycles. The smallest absolute Gasteiger partial charge is 0.260 e. The highest BCUT2D eigenvalue weighted by atomic mass is 32.1. The number of aryl methyl sites for hydroxylation is 2. The van der Waals surface area contributed by atoms with Gasteiger partial charge in [0.05, 0.1) is 18.1 Å². The van der Waals surface area contributed by atoms with Gasteiger partial charge in [0, 0.05) is 18.0 Å². The molecule has 2 aromatic heterocycles. The van der Waals surface area contributed by atoms with Crippen molar-refractivity contribution < 1.29 is 9.53 Å². The van der Waals surface area contributed by atoms with E-state index in [1.54, 1.807) is 13.2 Å². The van der Waals surface area contributed by atoms with Gasteiger partial charge < -0.3 is 14.6 Å². The van der Waals surface area contributed by atoms with Crippen molar-refractivity contribution in [3.05, 3.63) is 56.4 Å². The highest BCUT2D eigenvalue weighted by Gasteiger charge is 2.25. The fourth-order valence-corrected chi connectivity index (χ4v) is 4.60. The topological polar surface area (TPSA) is 75.3 Å². The van der Waals surface area contributed by atoms with Crippen LogP contribution in [0.4, 0.5) is 0 Å². The number of H-pyrrole nitrogens is 1. The maximum absolute atomic E-state index is 13.3. The Morgan fingerprint density at radius 2 is 1.90 bits per heavy atom. The van der Waals surface area contributed by atoms with Gasteiger partial charge in [-0.15, -0.1) is 11.3 Å². The van der Waals surface area contributed by atoms with Crippen LogP contribution in [0.3, 0.4) is 0 Å². The van der Waals surface area contributed by atoms with Crippen LogP contribution in [0.25, 0.3) is 21.9 Å². The normalized spacial score (nSPS) is 14.6. The number of carbonyl (C=O) groups excluding carboxylic acids is 1. The van der Waals surface area contributed by atoms with Gasteiger partial charge in [0.2, 0.25) is 0 Å². The number of aromatic nitrogens is 2. The van der Waals surface area contributed by atoms with Crippen molar-refractivity contribution in [1.29, 1.82) is 0 Å². The van der Waals surface area contributed by atoms with Crippen LogP contribution in [0, 0.1) is 13.8 Å². The molecule has 0 saturated carbocycles. The number of thiophene rings is 1. The molecule has 150 valence electrons. The first-order chi connectivity index (χ1) is 14.0. The van der Waals surface area contributed by atoms with E-state index in [1.165, 1.54) is 11.3 Å². The molecule has 0 unspecified atom stereocenters. The highest BCUT2D eigenvalue weighted by molar-refractivity contribution is 7.18. The van der Waals surface area contributed by atoms with E-state index in [-0.39, 0.29) is 11.5 Å². The monoisotopic (exact) mass is 409 g/mol. The number of benzene rings is 1. The SMILES string of the molecule is COc1ccc(C=C(C(=O)N2CCCC2)c2nc3sc(C)c(C)c3c(=O)[nH]2)cc1. The Morgan fingerprint density at radius 1 is 1.21 bits per heavy atom. The summed E-state index contributed by atoms with van der Waals surface area (Å²) in [5.74, 6) is 0.953. The second-order valence-electron chi connectivity index (χ2n) is 7.21. The summed E-state index contributed by atoms with van der Waals surface area (Å²) in [6.07, 6.45) is 3.78. The average molecular weight is 410 g/mol. The Hall–Kier alpha value is -2.93. The molecule has 0 atom stereocenters. The van der Waals surface area contributed by atoms with E-state index in [0.717, 1.165) is 47.7 Å². The number of fused-ring (bicyclic) bond motifs is 1. The second kappa shape index (κ2) is 7.83. The van der Waals surface area contributed by atoms with E-state index in [4.69, 9.17) is 4.74 Å². The number of methoxy groups -OCH3 is 1. The number of amides is 1. The summed E-state index contributed by atoms with van der Waals surface area (Å²) in [6, 6.07) is 7.45. The van der Waals surface area contributed by atoms with Gasteiger partial charge >= 0.3 is 0 Å². The van der Waals surface area contributed by atoms with Crippen LogP contribution in [0.15, 0.2) is 29.1 Å². The Bertz CT molecular complexity index is 1150. The molecule has 29 heavy (non-hydrogen) atoms. The van der Waals surface area contributed by atoms with Crippen LogP contribution in [0.1, 0.15) is 34.7 Å². The number of aromatic amines is 1. The number of rotatable bonds is 4. The first-order valence-corrected chi connectivity index (χ1v) is 10.4. The van der Waals surface area contributed by atoms with E-state index in [0.29, 0.717) is 21.6 Å². The van der Waals surface area contributed by atoms with Crippen molar-refractivity contribution in [3.8, 4) is 5.75 Å². The van der Waals surface area contributed by atoms with Crippen LogP contribution < -0.4 is 10.3 Å². The summed E-state index contributed by atoms with van der Waals surface area (Å²) < 4.78 is 5.21. The average Bonchev–Trinajstić information content (AvgIpc) is 3.35. The molecular formula is C22H23N3O3S. The molecule has 1 N–H and O–H groups in total. The van der Waals surface area contributed by atoms with Gasteiger partial charge in [-0.05, 0) is 56.0 Å². The number of hydrogen-bond acceptors (Lipinski definition) is 5. The molecule has 1 fully saturated rings. The van der Waals surface area contributed by atoms with Gasteiger partial charge in [-0.3, -0.25) is 9.59 Å². The van der Waals surface area contributed by atoms with Crippen LogP contribution in [-0.2, 0) is 4.79 Å². The van der Waals surface area contributed by atoms with E-state index in [9.17, 15) is 9.59 Å². The molecule has 1 aromatic carbocycles. The third-order valence-corrected chi connectivity index (χ3v) is 6.45. The lowest BCUT2D eigenvalue weighted by Gasteiger charge is -2.17. The lowest BCUT2D eigenvalue weighted by Crippen LogP contribution is -2.29. The number of ether oxygens (including phenoxy) is 1. The van der Waals surface area contributed by atoms with Gasteiger partial charge in [-0.2, -0.15) is 0 Å². The zero-order chi connectivity index (χ0) is 20.5.